The van der Waals surface area contributed by atoms with Crippen molar-refractivity contribution in [1.82, 2.24) is 5.32 Å². The van der Waals surface area contributed by atoms with Crippen LogP contribution in [0.25, 0.3) is 0 Å². The smallest absolute Gasteiger partial charge is 0.224 e. The Morgan fingerprint density at radius 1 is 1.09 bits per heavy atom. The number of benzene rings is 2. The quantitative estimate of drug-likeness (QED) is 0.818. The van der Waals surface area contributed by atoms with Crippen LogP contribution in [0.4, 0.5) is 5.69 Å². The van der Waals surface area contributed by atoms with Crippen LogP contribution in [0, 0.1) is 6.92 Å². The number of hydrogen-bond donors (Lipinski definition) is 2. The highest BCUT2D eigenvalue weighted by atomic mass is 16.1. The van der Waals surface area contributed by atoms with Gasteiger partial charge in [-0.3, -0.25) is 4.79 Å². The van der Waals surface area contributed by atoms with Crippen molar-refractivity contribution in [2.24, 2.45) is 0 Å². The zero-order valence-electron chi connectivity index (χ0n) is 13.4. The van der Waals surface area contributed by atoms with Gasteiger partial charge in [0.15, 0.2) is 0 Å². The van der Waals surface area contributed by atoms with E-state index in [1.54, 1.807) is 0 Å². The van der Waals surface area contributed by atoms with Crippen molar-refractivity contribution in [3.8, 4) is 0 Å². The molecule has 2 rings (SSSR count). The molecule has 0 saturated carbocycles. The summed E-state index contributed by atoms with van der Waals surface area (Å²) in [5, 5.41) is 6.27. The van der Waals surface area contributed by atoms with Crippen molar-refractivity contribution in [3.63, 3.8) is 0 Å². The van der Waals surface area contributed by atoms with E-state index >= 15 is 0 Å². The molecule has 2 N–H and O–H groups in total. The molecule has 0 radical (unpaired) electrons. The van der Waals surface area contributed by atoms with E-state index in [1.165, 1.54) is 16.7 Å². The predicted molar refractivity (Wildman–Crippen MR) is 92.0 cm³/mol. The zero-order chi connectivity index (χ0) is 15.8. The normalized spacial score (nSPS) is 10.5. The second-order valence-electron chi connectivity index (χ2n) is 5.46. The fourth-order valence-corrected chi connectivity index (χ4v) is 2.39. The SMILES string of the molecule is CCNCc1cccc(NC(=O)CCc2ccccc2C)c1. The lowest BCUT2D eigenvalue weighted by Crippen LogP contribution is -2.14. The molecule has 0 saturated heterocycles. The lowest BCUT2D eigenvalue weighted by Gasteiger charge is -2.09. The highest BCUT2D eigenvalue weighted by molar-refractivity contribution is 5.90. The van der Waals surface area contributed by atoms with E-state index in [2.05, 4.69) is 42.7 Å². The fourth-order valence-electron chi connectivity index (χ4n) is 2.39. The molecule has 0 aliphatic heterocycles. The van der Waals surface area contributed by atoms with Crippen molar-refractivity contribution >= 4 is 11.6 Å². The Bertz CT molecular complexity index is 622. The maximum atomic E-state index is 12.1. The minimum atomic E-state index is 0.0591. The third-order valence-electron chi connectivity index (χ3n) is 3.67. The maximum Gasteiger partial charge on any atom is 0.224 e. The lowest BCUT2D eigenvalue weighted by atomic mass is 10.0. The van der Waals surface area contributed by atoms with Crippen LogP contribution in [0.2, 0.25) is 0 Å². The van der Waals surface area contributed by atoms with Gasteiger partial charge >= 0.3 is 0 Å². The van der Waals surface area contributed by atoms with Gasteiger partial charge in [0.25, 0.3) is 0 Å². The van der Waals surface area contributed by atoms with Crippen LogP contribution in [0.3, 0.4) is 0 Å². The number of anilines is 1. The van der Waals surface area contributed by atoms with Gasteiger partial charge in [-0.2, -0.15) is 0 Å². The number of rotatable bonds is 7. The summed E-state index contributed by atoms with van der Waals surface area (Å²) in [6.07, 6.45) is 1.28. The van der Waals surface area contributed by atoms with Gasteiger partial charge in [0, 0.05) is 18.7 Å². The molecule has 0 heterocycles. The standard InChI is InChI=1S/C19H24N2O/c1-3-20-14-16-8-6-10-18(13-16)21-19(22)12-11-17-9-5-4-7-15(17)2/h4-10,13,20H,3,11-12,14H2,1-2H3,(H,21,22). The van der Waals surface area contributed by atoms with Gasteiger partial charge in [-0.05, 0) is 48.7 Å². The third kappa shape index (κ3) is 5.01. The molecule has 0 fully saturated rings. The first-order valence-electron chi connectivity index (χ1n) is 7.83. The molecule has 0 bridgehead atoms. The van der Waals surface area contributed by atoms with Crippen molar-refractivity contribution < 1.29 is 4.79 Å². The molecule has 3 nitrogen and oxygen atoms in total. The number of carbonyl (C=O) groups is 1. The topological polar surface area (TPSA) is 41.1 Å². The summed E-state index contributed by atoms with van der Waals surface area (Å²) in [6, 6.07) is 16.2. The molecule has 1 amide bonds. The van der Waals surface area contributed by atoms with Crippen LogP contribution < -0.4 is 10.6 Å². The highest BCUT2D eigenvalue weighted by Gasteiger charge is 2.05. The van der Waals surface area contributed by atoms with Crippen LogP contribution >= 0.6 is 0 Å². The Morgan fingerprint density at radius 3 is 2.68 bits per heavy atom. The lowest BCUT2D eigenvalue weighted by molar-refractivity contribution is -0.116. The Morgan fingerprint density at radius 2 is 1.91 bits per heavy atom. The zero-order valence-corrected chi connectivity index (χ0v) is 13.4. The number of carbonyl (C=O) groups excluding carboxylic acids is 1. The molecule has 3 heteroatoms. The largest absolute Gasteiger partial charge is 0.326 e. The Hall–Kier alpha value is -2.13. The van der Waals surface area contributed by atoms with Crippen molar-refractivity contribution in [3.05, 3.63) is 65.2 Å². The minimum absolute atomic E-state index is 0.0591. The number of nitrogens with one attached hydrogen (secondary N) is 2. The Balaban J connectivity index is 1.88. The molecule has 22 heavy (non-hydrogen) atoms. The molecule has 116 valence electrons. The summed E-state index contributed by atoms with van der Waals surface area (Å²) in [6.45, 7) is 5.92. The van der Waals surface area contributed by atoms with Gasteiger partial charge in [0.1, 0.15) is 0 Å². The first-order valence-corrected chi connectivity index (χ1v) is 7.83. The number of hydrogen-bond acceptors (Lipinski definition) is 2. The summed E-state index contributed by atoms with van der Waals surface area (Å²) in [7, 11) is 0. The van der Waals surface area contributed by atoms with Gasteiger partial charge in [-0.25, -0.2) is 0 Å². The van der Waals surface area contributed by atoms with Crippen LogP contribution in [-0.4, -0.2) is 12.5 Å². The molecule has 0 atom stereocenters. The second kappa shape index (κ2) is 8.35. The summed E-state index contributed by atoms with van der Waals surface area (Å²) in [5.74, 6) is 0.0591. The molecular weight excluding hydrogens is 272 g/mol. The molecule has 0 aliphatic rings. The van der Waals surface area contributed by atoms with Crippen LogP contribution in [-0.2, 0) is 17.8 Å². The number of aryl methyl sites for hydroxylation is 2. The van der Waals surface area contributed by atoms with E-state index in [-0.39, 0.29) is 5.91 Å². The third-order valence-corrected chi connectivity index (χ3v) is 3.67. The average molecular weight is 296 g/mol. The van der Waals surface area contributed by atoms with Gasteiger partial charge < -0.3 is 10.6 Å². The van der Waals surface area contributed by atoms with Crippen LogP contribution in [0.1, 0.15) is 30.0 Å². The van der Waals surface area contributed by atoms with E-state index in [9.17, 15) is 4.79 Å². The van der Waals surface area contributed by atoms with Crippen molar-refractivity contribution in [1.29, 1.82) is 0 Å². The van der Waals surface area contributed by atoms with Gasteiger partial charge in [-0.15, -0.1) is 0 Å². The predicted octanol–water partition coefficient (Wildman–Crippen LogP) is 3.68. The van der Waals surface area contributed by atoms with E-state index in [1.807, 2.05) is 30.3 Å². The molecule has 0 aromatic heterocycles. The Kier molecular flexibility index (Phi) is 6.16. The van der Waals surface area contributed by atoms with Crippen molar-refractivity contribution in [2.75, 3.05) is 11.9 Å². The molecular formula is C19H24N2O. The van der Waals surface area contributed by atoms with E-state index in [0.29, 0.717) is 6.42 Å². The van der Waals surface area contributed by atoms with Crippen molar-refractivity contribution in [2.45, 2.75) is 33.2 Å². The summed E-state index contributed by atoms with van der Waals surface area (Å²) in [4.78, 5) is 12.1. The van der Waals surface area contributed by atoms with Gasteiger partial charge in [0.05, 0.1) is 0 Å². The summed E-state index contributed by atoms with van der Waals surface area (Å²) >= 11 is 0. The Labute approximate surface area is 132 Å². The number of amides is 1. The second-order valence-corrected chi connectivity index (χ2v) is 5.46. The van der Waals surface area contributed by atoms with Gasteiger partial charge in [-0.1, -0.05) is 43.3 Å². The minimum Gasteiger partial charge on any atom is -0.326 e. The van der Waals surface area contributed by atoms with Crippen LogP contribution in [0.5, 0.6) is 0 Å². The highest BCUT2D eigenvalue weighted by Crippen LogP contribution is 2.13. The summed E-state index contributed by atoms with van der Waals surface area (Å²) in [5.41, 5.74) is 4.52. The van der Waals surface area contributed by atoms with E-state index < -0.39 is 0 Å². The summed E-state index contributed by atoms with van der Waals surface area (Å²) < 4.78 is 0. The molecule has 0 unspecified atom stereocenters. The molecule has 2 aromatic rings. The van der Waals surface area contributed by atoms with E-state index in [0.717, 1.165) is 25.2 Å². The molecule has 2 aromatic carbocycles. The van der Waals surface area contributed by atoms with Gasteiger partial charge in [0.2, 0.25) is 5.91 Å². The monoisotopic (exact) mass is 296 g/mol. The van der Waals surface area contributed by atoms with Crippen LogP contribution in [0.15, 0.2) is 48.5 Å². The fraction of sp³-hybridized carbons (Fsp3) is 0.316. The molecule has 0 spiro atoms. The average Bonchev–Trinajstić information content (AvgIpc) is 2.52. The maximum absolute atomic E-state index is 12.1. The van der Waals surface area contributed by atoms with E-state index in [4.69, 9.17) is 0 Å². The molecule has 0 aliphatic carbocycles. The first-order chi connectivity index (χ1) is 10.7. The first kappa shape index (κ1) is 16.2.